The number of hydrogen-bond acceptors (Lipinski definition) is 3. The van der Waals surface area contributed by atoms with Crippen molar-refractivity contribution in [3.63, 3.8) is 0 Å². The second-order valence-corrected chi connectivity index (χ2v) is 9.55. The third-order valence-corrected chi connectivity index (χ3v) is 7.10. The van der Waals surface area contributed by atoms with Crippen LogP contribution in [-0.2, 0) is 16.7 Å². The fraction of sp³-hybridized carbons (Fsp3) is 0.500. The van der Waals surface area contributed by atoms with E-state index in [4.69, 9.17) is 9.84 Å². The van der Waals surface area contributed by atoms with E-state index in [1.54, 1.807) is 12.1 Å². The monoisotopic (exact) mass is 421 g/mol. The van der Waals surface area contributed by atoms with Crippen molar-refractivity contribution in [3.05, 3.63) is 65.1 Å². The fourth-order valence-electron chi connectivity index (χ4n) is 5.01. The highest BCUT2D eigenvalue weighted by Crippen LogP contribution is 2.37. The highest BCUT2D eigenvalue weighted by atomic mass is 19.1. The van der Waals surface area contributed by atoms with Gasteiger partial charge in [-0.1, -0.05) is 18.2 Å². The third-order valence-electron chi connectivity index (χ3n) is 7.10. The second kappa shape index (κ2) is 8.36. The minimum absolute atomic E-state index is 0.0377. The van der Waals surface area contributed by atoms with Gasteiger partial charge in [-0.15, -0.1) is 0 Å². The van der Waals surface area contributed by atoms with Gasteiger partial charge in [0.25, 0.3) is 0 Å². The van der Waals surface area contributed by atoms with Gasteiger partial charge in [-0.05, 0) is 87.9 Å². The summed E-state index contributed by atoms with van der Waals surface area (Å²) in [6, 6.07) is 11.5. The summed E-state index contributed by atoms with van der Waals surface area (Å²) in [6.07, 6.45) is 6.56. The van der Waals surface area contributed by atoms with E-state index in [0.29, 0.717) is 6.61 Å². The molecule has 3 aromatic rings. The number of rotatable bonds is 7. The molecule has 2 fully saturated rings. The zero-order valence-corrected chi connectivity index (χ0v) is 18.5. The smallest absolute Gasteiger partial charge is 0.123 e. The average Bonchev–Trinajstić information content (AvgIpc) is 3.51. The van der Waals surface area contributed by atoms with Crippen molar-refractivity contribution in [3.8, 4) is 0 Å². The lowest BCUT2D eigenvalue weighted by atomic mass is 9.74. The van der Waals surface area contributed by atoms with E-state index in [-0.39, 0.29) is 17.3 Å². The third kappa shape index (κ3) is 4.26. The van der Waals surface area contributed by atoms with Crippen molar-refractivity contribution in [2.24, 2.45) is 5.92 Å². The first-order valence-corrected chi connectivity index (χ1v) is 11.6. The molecule has 1 aliphatic carbocycles. The van der Waals surface area contributed by atoms with Gasteiger partial charge in [0.05, 0.1) is 24.4 Å². The Kier molecular flexibility index (Phi) is 5.57. The highest BCUT2D eigenvalue weighted by molar-refractivity contribution is 5.83. The normalized spacial score (nSPS) is 19.6. The van der Waals surface area contributed by atoms with Crippen LogP contribution in [0.2, 0.25) is 0 Å². The predicted molar refractivity (Wildman–Crippen MR) is 122 cm³/mol. The van der Waals surface area contributed by atoms with Crippen LogP contribution in [-0.4, -0.2) is 29.5 Å². The molecular formula is C26H32FN3O. The average molecular weight is 422 g/mol. The van der Waals surface area contributed by atoms with E-state index in [9.17, 15) is 4.39 Å². The Labute approximate surface area is 183 Å². The van der Waals surface area contributed by atoms with Crippen LogP contribution in [0.15, 0.2) is 42.6 Å². The minimum Gasteiger partial charge on any atom is -0.373 e. The van der Waals surface area contributed by atoms with Gasteiger partial charge in [0, 0.05) is 22.9 Å². The molecule has 1 aromatic heterocycles. The van der Waals surface area contributed by atoms with E-state index in [1.807, 2.05) is 18.3 Å². The number of hydrogen-bond donors (Lipinski definition) is 1. The largest absolute Gasteiger partial charge is 0.373 e. The second-order valence-electron chi connectivity index (χ2n) is 9.55. The SMILES string of the molecule is Cc1cc(C(C)OCC2(c3ccc(F)cc3)CCNCC2)c2c(cnn2CC2CC2)c1. The lowest BCUT2D eigenvalue weighted by Gasteiger charge is -2.39. The van der Waals surface area contributed by atoms with Gasteiger partial charge >= 0.3 is 0 Å². The van der Waals surface area contributed by atoms with Crippen molar-refractivity contribution in [2.75, 3.05) is 19.7 Å². The molecule has 5 rings (SSSR count). The summed E-state index contributed by atoms with van der Waals surface area (Å²) in [5.74, 6) is 0.582. The summed E-state index contributed by atoms with van der Waals surface area (Å²) < 4.78 is 22.3. The van der Waals surface area contributed by atoms with Gasteiger partial charge in [-0.25, -0.2) is 4.39 Å². The molecule has 1 saturated heterocycles. The van der Waals surface area contributed by atoms with Gasteiger partial charge in [0.2, 0.25) is 0 Å². The van der Waals surface area contributed by atoms with Crippen molar-refractivity contribution < 1.29 is 9.13 Å². The number of nitrogens with one attached hydrogen (secondary N) is 1. The number of aromatic nitrogens is 2. The molecule has 0 spiro atoms. The summed E-state index contributed by atoms with van der Waals surface area (Å²) in [7, 11) is 0. The molecule has 1 atom stereocenters. The zero-order valence-electron chi connectivity index (χ0n) is 18.5. The molecule has 1 aliphatic heterocycles. The summed E-state index contributed by atoms with van der Waals surface area (Å²) in [4.78, 5) is 0. The molecule has 2 aliphatic rings. The number of ether oxygens (including phenoxy) is 1. The number of halogens is 1. The molecule has 31 heavy (non-hydrogen) atoms. The molecule has 0 bridgehead atoms. The molecule has 0 amide bonds. The lowest BCUT2D eigenvalue weighted by Crippen LogP contribution is -2.43. The maximum Gasteiger partial charge on any atom is 0.123 e. The first-order chi connectivity index (χ1) is 15.0. The summed E-state index contributed by atoms with van der Waals surface area (Å²) >= 11 is 0. The quantitative estimate of drug-likeness (QED) is 0.563. The topological polar surface area (TPSA) is 39.1 Å². The van der Waals surface area contributed by atoms with Crippen LogP contribution in [0.4, 0.5) is 4.39 Å². The van der Waals surface area contributed by atoms with Crippen LogP contribution in [0.3, 0.4) is 0 Å². The Bertz CT molecular complexity index is 1050. The fourth-order valence-corrected chi connectivity index (χ4v) is 5.01. The minimum atomic E-state index is -0.187. The van der Waals surface area contributed by atoms with Crippen LogP contribution in [0, 0.1) is 18.7 Å². The van der Waals surface area contributed by atoms with E-state index >= 15 is 0 Å². The van der Waals surface area contributed by atoms with Gasteiger partial charge in [0.1, 0.15) is 5.82 Å². The van der Waals surface area contributed by atoms with E-state index in [2.05, 4.69) is 36.0 Å². The molecule has 2 aromatic carbocycles. The number of piperidine rings is 1. The first-order valence-electron chi connectivity index (χ1n) is 11.6. The summed E-state index contributed by atoms with van der Waals surface area (Å²) in [6.45, 7) is 7.84. The molecule has 1 N–H and O–H groups in total. The number of fused-ring (bicyclic) bond motifs is 1. The molecule has 164 valence electrons. The molecule has 0 radical (unpaired) electrons. The predicted octanol–water partition coefficient (Wildman–Crippen LogP) is 5.29. The Morgan fingerprint density at radius 2 is 1.94 bits per heavy atom. The Morgan fingerprint density at radius 1 is 1.19 bits per heavy atom. The maximum absolute atomic E-state index is 13.6. The van der Waals surface area contributed by atoms with Gasteiger partial charge in [-0.2, -0.15) is 5.10 Å². The summed E-state index contributed by atoms with van der Waals surface area (Å²) in [5, 5.41) is 9.35. The lowest BCUT2D eigenvalue weighted by molar-refractivity contribution is 0.0171. The van der Waals surface area contributed by atoms with Crippen molar-refractivity contribution in [2.45, 2.75) is 57.6 Å². The van der Waals surface area contributed by atoms with Crippen LogP contribution >= 0.6 is 0 Å². The van der Waals surface area contributed by atoms with Gasteiger partial charge in [-0.3, -0.25) is 4.68 Å². The van der Waals surface area contributed by atoms with Crippen molar-refractivity contribution >= 4 is 10.9 Å². The zero-order chi connectivity index (χ0) is 21.4. The Hall–Kier alpha value is -2.24. The highest BCUT2D eigenvalue weighted by Gasteiger charge is 2.35. The maximum atomic E-state index is 13.6. The van der Waals surface area contributed by atoms with E-state index < -0.39 is 0 Å². The molecule has 1 unspecified atom stereocenters. The van der Waals surface area contributed by atoms with Crippen molar-refractivity contribution in [1.82, 2.24) is 15.1 Å². The van der Waals surface area contributed by atoms with E-state index in [0.717, 1.165) is 38.4 Å². The van der Waals surface area contributed by atoms with Crippen molar-refractivity contribution in [1.29, 1.82) is 0 Å². The Balaban J connectivity index is 1.42. The molecule has 4 nitrogen and oxygen atoms in total. The van der Waals surface area contributed by atoms with Gasteiger partial charge in [0.15, 0.2) is 0 Å². The van der Waals surface area contributed by atoms with Crippen LogP contribution < -0.4 is 5.32 Å². The van der Waals surface area contributed by atoms with Crippen LogP contribution in [0.25, 0.3) is 10.9 Å². The standard InChI is InChI=1S/C26H32FN3O/c1-18-13-21-15-29-30(16-20-3-4-20)25(21)24(14-18)19(2)31-17-26(9-11-28-12-10-26)22-5-7-23(27)8-6-22/h5-8,13-15,19-20,28H,3-4,9-12,16-17H2,1-2H3. The molecular weight excluding hydrogens is 389 g/mol. The van der Waals surface area contributed by atoms with Crippen LogP contribution in [0.1, 0.15) is 55.4 Å². The number of nitrogens with zero attached hydrogens (tertiary/aromatic N) is 2. The molecule has 5 heteroatoms. The molecule has 2 heterocycles. The summed E-state index contributed by atoms with van der Waals surface area (Å²) in [5.41, 5.74) is 4.77. The van der Waals surface area contributed by atoms with E-state index in [1.165, 1.54) is 40.4 Å². The first kappa shape index (κ1) is 20.7. The number of aryl methyl sites for hydroxylation is 1. The number of benzene rings is 2. The van der Waals surface area contributed by atoms with Crippen LogP contribution in [0.5, 0.6) is 0 Å². The Morgan fingerprint density at radius 3 is 2.65 bits per heavy atom. The molecule has 1 saturated carbocycles. The van der Waals surface area contributed by atoms with Gasteiger partial charge < -0.3 is 10.1 Å².